The van der Waals surface area contributed by atoms with Crippen LogP contribution in [0.25, 0.3) is 10.9 Å². The lowest BCUT2D eigenvalue weighted by Crippen LogP contribution is -2.07. The van der Waals surface area contributed by atoms with Crippen molar-refractivity contribution in [1.82, 2.24) is 14.5 Å². The van der Waals surface area contributed by atoms with Crippen LogP contribution in [0.2, 0.25) is 0 Å². The van der Waals surface area contributed by atoms with E-state index in [4.69, 9.17) is 0 Å². The molecule has 4 rings (SSSR count). The van der Waals surface area contributed by atoms with Gasteiger partial charge in [0.05, 0.1) is 26.8 Å². The minimum Gasteiger partial charge on any atom is -0.322 e. The molecule has 0 spiro atoms. The second kappa shape index (κ2) is 8.11. The Morgan fingerprint density at radius 3 is 2.59 bits per heavy atom. The number of carbonyl (C=O) groups is 1. The van der Waals surface area contributed by atoms with Gasteiger partial charge in [-0.3, -0.25) is 14.9 Å². The summed E-state index contributed by atoms with van der Waals surface area (Å²) in [6.45, 7) is 0.439. The Labute approximate surface area is 169 Å². The monoisotopic (exact) mass is 405 g/mol. The normalized spacial score (nSPS) is 10.8. The quantitative estimate of drug-likeness (QED) is 0.282. The molecule has 29 heavy (non-hydrogen) atoms. The fraction of sp³-hybridized carbons (Fsp3) is 0.0500. The third-order valence-corrected chi connectivity index (χ3v) is 5.53. The largest absolute Gasteiger partial charge is 0.322 e. The summed E-state index contributed by atoms with van der Waals surface area (Å²) in [5, 5.41) is 15.1. The van der Waals surface area contributed by atoms with Crippen LogP contribution in [0.3, 0.4) is 0 Å². The zero-order valence-corrected chi connectivity index (χ0v) is 15.9. The molecule has 9 heteroatoms. The summed E-state index contributed by atoms with van der Waals surface area (Å²) in [5.74, 6) is 0.563. The Hall–Kier alpha value is -3.72. The van der Waals surface area contributed by atoms with E-state index >= 15 is 0 Å². The number of nitrogens with zero attached hydrogens (tertiary/aromatic N) is 4. The van der Waals surface area contributed by atoms with Crippen molar-refractivity contribution < 1.29 is 9.72 Å². The zero-order chi connectivity index (χ0) is 20.2. The SMILES string of the molecule is O=CNc1c(Sc2ccccc2[N+](=O)[O-])c2ccccc2n1Cc1cncnc1. The van der Waals surface area contributed by atoms with Gasteiger partial charge in [-0.05, 0) is 12.1 Å². The van der Waals surface area contributed by atoms with Crippen LogP contribution in [0, 0.1) is 10.1 Å². The first-order valence-electron chi connectivity index (χ1n) is 8.65. The van der Waals surface area contributed by atoms with E-state index in [9.17, 15) is 14.9 Å². The number of carbonyl (C=O) groups excluding carboxylic acids is 1. The van der Waals surface area contributed by atoms with E-state index in [1.807, 2.05) is 28.8 Å². The van der Waals surface area contributed by atoms with Gasteiger partial charge in [-0.2, -0.15) is 0 Å². The highest BCUT2D eigenvalue weighted by molar-refractivity contribution is 7.99. The van der Waals surface area contributed by atoms with Gasteiger partial charge < -0.3 is 9.88 Å². The Balaban J connectivity index is 1.89. The summed E-state index contributed by atoms with van der Waals surface area (Å²) in [6, 6.07) is 14.2. The fourth-order valence-corrected chi connectivity index (χ4v) is 4.30. The number of hydrogen-bond acceptors (Lipinski definition) is 6. The van der Waals surface area contributed by atoms with Gasteiger partial charge in [0.2, 0.25) is 6.41 Å². The predicted octanol–water partition coefficient (Wildman–Crippen LogP) is 4.11. The van der Waals surface area contributed by atoms with E-state index in [1.165, 1.54) is 24.2 Å². The van der Waals surface area contributed by atoms with Crippen LogP contribution in [0.4, 0.5) is 11.5 Å². The Kier molecular flexibility index (Phi) is 5.21. The van der Waals surface area contributed by atoms with Crippen molar-refractivity contribution in [2.75, 3.05) is 5.32 Å². The molecule has 2 aromatic carbocycles. The summed E-state index contributed by atoms with van der Waals surface area (Å²) >= 11 is 1.25. The van der Waals surface area contributed by atoms with Gasteiger partial charge >= 0.3 is 0 Å². The van der Waals surface area contributed by atoms with Crippen LogP contribution in [-0.4, -0.2) is 25.9 Å². The molecule has 0 atom stereocenters. The summed E-state index contributed by atoms with van der Waals surface area (Å²) in [7, 11) is 0. The Morgan fingerprint density at radius 2 is 1.83 bits per heavy atom. The number of nitro groups is 1. The van der Waals surface area contributed by atoms with E-state index in [0.717, 1.165) is 21.4 Å². The van der Waals surface area contributed by atoms with Gasteiger partial charge in [0.15, 0.2) is 0 Å². The van der Waals surface area contributed by atoms with Crippen molar-refractivity contribution in [1.29, 1.82) is 0 Å². The lowest BCUT2D eigenvalue weighted by molar-refractivity contribution is -0.387. The second-order valence-corrected chi connectivity index (χ2v) is 7.17. The zero-order valence-electron chi connectivity index (χ0n) is 15.1. The standard InChI is InChI=1S/C20H15N5O3S/c26-13-23-20-19(29-18-8-4-3-7-17(18)25(27)28)15-5-1-2-6-16(15)24(20)11-14-9-21-12-22-10-14/h1-10,12-13H,11H2,(H,23,26). The third kappa shape index (κ3) is 3.67. The number of nitro benzene ring substituents is 1. The fourth-order valence-electron chi connectivity index (χ4n) is 3.14. The van der Waals surface area contributed by atoms with Gasteiger partial charge in [0.25, 0.3) is 5.69 Å². The van der Waals surface area contributed by atoms with Crippen molar-refractivity contribution in [3.05, 3.63) is 82.9 Å². The maximum absolute atomic E-state index is 11.4. The molecule has 0 aliphatic carbocycles. The summed E-state index contributed by atoms with van der Waals surface area (Å²) in [4.78, 5) is 31.7. The van der Waals surface area contributed by atoms with Crippen LogP contribution in [0.15, 0.2) is 77.0 Å². The van der Waals surface area contributed by atoms with Gasteiger partial charge in [-0.15, -0.1) is 0 Å². The van der Waals surface area contributed by atoms with Gasteiger partial charge in [0, 0.05) is 29.4 Å². The molecule has 2 heterocycles. The highest BCUT2D eigenvalue weighted by atomic mass is 32.2. The summed E-state index contributed by atoms with van der Waals surface area (Å²) in [6.07, 6.45) is 5.48. The minimum absolute atomic E-state index is 0.0165. The first kappa shape index (κ1) is 18.6. The van der Waals surface area contributed by atoms with Crippen molar-refractivity contribution in [3.8, 4) is 0 Å². The molecule has 1 N–H and O–H groups in total. The second-order valence-electron chi connectivity index (χ2n) is 6.12. The first-order chi connectivity index (χ1) is 14.2. The van der Waals surface area contributed by atoms with Gasteiger partial charge in [0.1, 0.15) is 12.1 Å². The molecule has 0 fully saturated rings. The molecule has 0 unspecified atom stereocenters. The van der Waals surface area contributed by atoms with Crippen molar-refractivity contribution in [2.24, 2.45) is 0 Å². The topological polar surface area (TPSA) is 103 Å². The van der Waals surface area contributed by atoms with Crippen molar-refractivity contribution in [3.63, 3.8) is 0 Å². The molecular weight excluding hydrogens is 390 g/mol. The minimum atomic E-state index is -0.407. The van der Waals surface area contributed by atoms with Crippen LogP contribution >= 0.6 is 11.8 Å². The number of amides is 1. The number of rotatable bonds is 7. The molecule has 2 aromatic heterocycles. The highest BCUT2D eigenvalue weighted by Gasteiger charge is 2.22. The van der Waals surface area contributed by atoms with Crippen LogP contribution in [-0.2, 0) is 11.3 Å². The van der Waals surface area contributed by atoms with Crippen molar-refractivity contribution in [2.45, 2.75) is 16.3 Å². The van der Waals surface area contributed by atoms with E-state index in [1.54, 1.807) is 30.6 Å². The lowest BCUT2D eigenvalue weighted by atomic mass is 10.2. The number of benzene rings is 2. The Morgan fingerprint density at radius 1 is 1.10 bits per heavy atom. The summed E-state index contributed by atoms with van der Waals surface area (Å²) < 4.78 is 1.94. The predicted molar refractivity (Wildman–Crippen MR) is 110 cm³/mol. The van der Waals surface area contributed by atoms with E-state index in [2.05, 4.69) is 15.3 Å². The maximum Gasteiger partial charge on any atom is 0.283 e. The molecule has 0 aliphatic rings. The maximum atomic E-state index is 11.4. The van der Waals surface area contributed by atoms with E-state index in [0.29, 0.717) is 23.7 Å². The molecular formula is C20H15N5O3S. The number of fused-ring (bicyclic) bond motifs is 1. The molecule has 0 saturated heterocycles. The van der Waals surface area contributed by atoms with Crippen LogP contribution in [0.5, 0.6) is 0 Å². The number of para-hydroxylation sites is 2. The molecule has 0 radical (unpaired) electrons. The highest BCUT2D eigenvalue weighted by Crippen LogP contribution is 2.44. The van der Waals surface area contributed by atoms with Crippen molar-refractivity contribution >= 4 is 40.6 Å². The average Bonchev–Trinajstić information content (AvgIpc) is 3.02. The summed E-state index contributed by atoms with van der Waals surface area (Å²) in [5.41, 5.74) is 1.77. The van der Waals surface area contributed by atoms with E-state index in [-0.39, 0.29) is 5.69 Å². The first-order valence-corrected chi connectivity index (χ1v) is 9.47. The average molecular weight is 405 g/mol. The van der Waals surface area contributed by atoms with Crippen LogP contribution in [0.1, 0.15) is 5.56 Å². The third-order valence-electron chi connectivity index (χ3n) is 4.35. The molecule has 1 amide bonds. The molecule has 0 saturated carbocycles. The number of aromatic nitrogens is 3. The lowest BCUT2D eigenvalue weighted by Gasteiger charge is -2.11. The molecule has 0 bridgehead atoms. The smallest absolute Gasteiger partial charge is 0.283 e. The molecule has 144 valence electrons. The van der Waals surface area contributed by atoms with Gasteiger partial charge in [-0.25, -0.2) is 9.97 Å². The van der Waals surface area contributed by atoms with E-state index < -0.39 is 4.92 Å². The van der Waals surface area contributed by atoms with Gasteiger partial charge in [-0.1, -0.05) is 42.1 Å². The number of anilines is 1. The number of hydrogen-bond donors (Lipinski definition) is 1. The molecule has 8 nitrogen and oxygen atoms in total. The molecule has 4 aromatic rings. The number of nitrogens with one attached hydrogen (secondary N) is 1. The molecule has 0 aliphatic heterocycles. The Bertz CT molecular complexity index is 1190. The van der Waals surface area contributed by atoms with Crippen LogP contribution < -0.4 is 5.32 Å².